The van der Waals surface area contributed by atoms with Crippen LogP contribution in [0.15, 0.2) is 15.8 Å². The number of aromatic nitrogens is 2. The normalized spacial score (nSPS) is 26.2. The quantitative estimate of drug-likeness (QED) is 0.374. The minimum atomic E-state index is -1.60. The molecule has 12 nitrogen and oxygen atoms in total. The van der Waals surface area contributed by atoms with Crippen LogP contribution in [0.5, 0.6) is 0 Å². The highest BCUT2D eigenvalue weighted by molar-refractivity contribution is 6.02. The first kappa shape index (κ1) is 17.8. The zero-order valence-corrected chi connectivity index (χ0v) is 12.3. The highest BCUT2D eigenvalue weighted by Crippen LogP contribution is 2.27. The lowest BCUT2D eigenvalue weighted by atomic mass is 10.1. The van der Waals surface area contributed by atoms with Gasteiger partial charge in [-0.05, 0) is 0 Å². The van der Waals surface area contributed by atoms with E-state index < -0.39 is 60.0 Å². The smallest absolute Gasteiger partial charge is 0.413 e. The maximum atomic E-state index is 11.9. The molecule has 0 aliphatic carbocycles. The lowest BCUT2D eigenvalue weighted by molar-refractivity contribution is -0.0551. The van der Waals surface area contributed by atoms with Crippen molar-refractivity contribution in [3.05, 3.63) is 32.6 Å². The second-order valence-corrected chi connectivity index (χ2v) is 4.88. The van der Waals surface area contributed by atoms with E-state index in [1.54, 1.807) is 5.32 Å². The second-order valence-electron chi connectivity index (χ2n) is 4.88. The number of hydrogen-bond donors (Lipinski definition) is 5. The first-order chi connectivity index (χ1) is 11.3. The van der Waals surface area contributed by atoms with E-state index in [2.05, 4.69) is 4.74 Å². The van der Waals surface area contributed by atoms with E-state index in [4.69, 9.17) is 9.84 Å². The molecular weight excluding hydrogens is 330 g/mol. The van der Waals surface area contributed by atoms with E-state index in [0.717, 1.165) is 13.3 Å². The number of aliphatic hydroxyl groups excluding tert-OH is 3. The Morgan fingerprint density at radius 1 is 1.38 bits per heavy atom. The van der Waals surface area contributed by atoms with Crippen molar-refractivity contribution in [2.24, 2.45) is 0 Å². The van der Waals surface area contributed by atoms with E-state index in [0.29, 0.717) is 4.57 Å². The number of nitrogens with zero attached hydrogens (tertiary/aromatic N) is 1. The molecule has 4 atom stereocenters. The summed E-state index contributed by atoms with van der Waals surface area (Å²) in [5.74, 6) is -1.15. The van der Waals surface area contributed by atoms with Gasteiger partial charge < -0.3 is 24.8 Å². The molecule has 0 bridgehead atoms. The summed E-state index contributed by atoms with van der Waals surface area (Å²) in [6.45, 7) is -0.623. The number of aliphatic hydroxyl groups is 3. The highest BCUT2D eigenvalue weighted by Gasteiger charge is 2.44. The van der Waals surface area contributed by atoms with E-state index >= 15 is 0 Å². The number of hydrogen-bond acceptors (Lipinski definition) is 9. The molecule has 2 rings (SSSR count). The number of nitrogens with one attached hydrogen (secondary N) is 2. The second kappa shape index (κ2) is 6.92. The molecule has 1 aliphatic heterocycles. The van der Waals surface area contributed by atoms with Gasteiger partial charge in [-0.3, -0.25) is 24.5 Å². The average Bonchev–Trinajstić information content (AvgIpc) is 2.82. The van der Waals surface area contributed by atoms with Gasteiger partial charge in [-0.2, -0.15) is 0 Å². The first-order valence-electron chi connectivity index (χ1n) is 6.67. The Bertz CT molecular complexity index is 755. The van der Waals surface area contributed by atoms with Crippen LogP contribution in [0.25, 0.3) is 0 Å². The Morgan fingerprint density at radius 2 is 2.04 bits per heavy atom. The minimum Gasteiger partial charge on any atom is -0.453 e. The number of carbonyl (C=O) groups is 2. The molecule has 0 spiro atoms. The number of imide groups is 1. The molecule has 1 saturated heterocycles. The van der Waals surface area contributed by atoms with E-state index in [1.165, 1.54) is 0 Å². The number of methoxy groups -OCH3 is 1. The molecular formula is C12H15N3O9. The Hall–Kier alpha value is -2.54. The third kappa shape index (κ3) is 3.21. The first-order valence-corrected chi connectivity index (χ1v) is 6.67. The van der Waals surface area contributed by atoms with Crippen molar-refractivity contribution >= 4 is 12.0 Å². The van der Waals surface area contributed by atoms with Crippen molar-refractivity contribution in [3.8, 4) is 0 Å². The molecule has 0 radical (unpaired) electrons. The summed E-state index contributed by atoms with van der Waals surface area (Å²) in [5, 5.41) is 30.4. The number of aromatic amines is 1. The monoisotopic (exact) mass is 345 g/mol. The van der Waals surface area contributed by atoms with Gasteiger partial charge in [0, 0.05) is 6.20 Å². The molecule has 2 heterocycles. The van der Waals surface area contributed by atoms with Crippen LogP contribution in [0, 0.1) is 0 Å². The van der Waals surface area contributed by atoms with Crippen molar-refractivity contribution in [3.63, 3.8) is 0 Å². The van der Waals surface area contributed by atoms with Gasteiger partial charge in [0.1, 0.15) is 23.9 Å². The van der Waals surface area contributed by atoms with Gasteiger partial charge in [-0.25, -0.2) is 9.59 Å². The van der Waals surface area contributed by atoms with E-state index in [1.807, 2.05) is 4.98 Å². The van der Waals surface area contributed by atoms with Crippen molar-refractivity contribution < 1.29 is 34.4 Å². The molecule has 0 saturated carbocycles. The number of amides is 2. The number of rotatable bonds is 3. The molecule has 1 aromatic heterocycles. The van der Waals surface area contributed by atoms with E-state index in [9.17, 15) is 29.4 Å². The van der Waals surface area contributed by atoms with Gasteiger partial charge in [0.2, 0.25) is 0 Å². The maximum Gasteiger partial charge on any atom is 0.413 e. The third-order valence-corrected chi connectivity index (χ3v) is 3.40. The van der Waals surface area contributed by atoms with Crippen LogP contribution in [0.1, 0.15) is 16.6 Å². The summed E-state index contributed by atoms with van der Waals surface area (Å²) in [6, 6.07) is 0. The molecule has 5 N–H and O–H groups in total. The molecule has 0 aromatic carbocycles. The van der Waals surface area contributed by atoms with Crippen LogP contribution in [-0.4, -0.2) is 68.9 Å². The predicted molar refractivity (Wildman–Crippen MR) is 74.2 cm³/mol. The summed E-state index contributed by atoms with van der Waals surface area (Å²) >= 11 is 0. The Balaban J connectivity index is 2.40. The van der Waals surface area contributed by atoms with Gasteiger partial charge in [-0.1, -0.05) is 0 Å². The number of H-pyrrole nitrogens is 1. The van der Waals surface area contributed by atoms with Crippen LogP contribution in [0.2, 0.25) is 0 Å². The molecule has 132 valence electrons. The van der Waals surface area contributed by atoms with Crippen LogP contribution in [-0.2, 0) is 9.47 Å². The molecule has 1 aromatic rings. The van der Waals surface area contributed by atoms with Gasteiger partial charge in [0.25, 0.3) is 11.5 Å². The summed E-state index contributed by atoms with van der Waals surface area (Å²) in [6.07, 6.45) is -6.04. The molecule has 24 heavy (non-hydrogen) atoms. The molecule has 1 aliphatic rings. The summed E-state index contributed by atoms with van der Waals surface area (Å²) in [5.41, 5.74) is -2.73. The highest BCUT2D eigenvalue weighted by atomic mass is 16.6. The van der Waals surface area contributed by atoms with E-state index in [-0.39, 0.29) is 0 Å². The molecule has 12 heteroatoms. The van der Waals surface area contributed by atoms with Gasteiger partial charge in [0.15, 0.2) is 6.23 Å². The SMILES string of the molecule is COC(=O)NC(=O)c1cn(C2OC(CO)C(O)C2O)c(=O)[nH]c1=O. The standard InChI is InChI=1S/C12H15N3O9/c1-23-12(22)14-9(20)4-2-15(11(21)13-8(4)19)10-7(18)6(17)5(3-16)24-10/h2,5-7,10,16-18H,3H2,1H3,(H,13,19,21)(H,14,20,22). The van der Waals surface area contributed by atoms with Crippen molar-refractivity contribution in [2.75, 3.05) is 13.7 Å². The Labute approximate surface area is 133 Å². The van der Waals surface area contributed by atoms with Crippen LogP contribution < -0.4 is 16.6 Å². The fourth-order valence-electron chi connectivity index (χ4n) is 2.16. The molecule has 4 unspecified atom stereocenters. The van der Waals surface area contributed by atoms with Crippen LogP contribution >= 0.6 is 0 Å². The predicted octanol–water partition coefficient (Wildman–Crippen LogP) is -3.36. The van der Waals surface area contributed by atoms with Gasteiger partial charge in [-0.15, -0.1) is 0 Å². The molecule has 2 amide bonds. The number of alkyl carbamates (subject to hydrolysis) is 1. The van der Waals surface area contributed by atoms with Gasteiger partial charge in [0.05, 0.1) is 13.7 Å². The zero-order chi connectivity index (χ0) is 18.0. The summed E-state index contributed by atoms with van der Waals surface area (Å²) in [4.78, 5) is 48.3. The Morgan fingerprint density at radius 3 is 2.58 bits per heavy atom. The third-order valence-electron chi connectivity index (χ3n) is 3.40. The average molecular weight is 345 g/mol. The summed E-state index contributed by atoms with van der Waals surface area (Å²) in [7, 11) is 1.01. The van der Waals surface area contributed by atoms with Gasteiger partial charge >= 0.3 is 11.8 Å². The van der Waals surface area contributed by atoms with Crippen LogP contribution in [0.3, 0.4) is 0 Å². The topological polar surface area (TPSA) is 180 Å². The fourth-order valence-corrected chi connectivity index (χ4v) is 2.16. The van der Waals surface area contributed by atoms with Crippen LogP contribution in [0.4, 0.5) is 4.79 Å². The van der Waals surface area contributed by atoms with Crippen molar-refractivity contribution in [1.82, 2.24) is 14.9 Å². The molecule has 1 fully saturated rings. The lowest BCUT2D eigenvalue weighted by Crippen LogP contribution is -2.42. The zero-order valence-electron chi connectivity index (χ0n) is 12.3. The Kier molecular flexibility index (Phi) is 5.14. The van der Waals surface area contributed by atoms with Crippen molar-refractivity contribution in [2.45, 2.75) is 24.5 Å². The number of ether oxygens (including phenoxy) is 2. The number of carbonyl (C=O) groups excluding carboxylic acids is 2. The minimum absolute atomic E-state index is 0.623. The largest absolute Gasteiger partial charge is 0.453 e. The fraction of sp³-hybridized carbons (Fsp3) is 0.500. The lowest BCUT2D eigenvalue weighted by Gasteiger charge is -2.17. The maximum absolute atomic E-state index is 11.9. The summed E-state index contributed by atoms with van der Waals surface area (Å²) < 4.78 is 10.0. The van der Waals surface area contributed by atoms with Crippen molar-refractivity contribution in [1.29, 1.82) is 0 Å².